The third kappa shape index (κ3) is 2.39. The van der Waals surface area contributed by atoms with Crippen molar-refractivity contribution < 1.29 is 13.9 Å². The number of amides is 1. The van der Waals surface area contributed by atoms with E-state index in [1.165, 1.54) is 6.07 Å². The minimum atomic E-state index is -0.308. The highest BCUT2D eigenvalue weighted by atomic mass is 19.1. The lowest BCUT2D eigenvalue weighted by atomic mass is 10.1. The van der Waals surface area contributed by atoms with E-state index in [-0.39, 0.29) is 18.3 Å². The molecule has 1 amide bonds. The number of fused-ring (bicyclic) bond motifs is 1. The molecule has 1 heterocycles. The summed E-state index contributed by atoms with van der Waals surface area (Å²) in [5.41, 5.74) is 1.95. The Hall–Kier alpha value is -1.62. The largest absolute Gasteiger partial charge is 0.383 e. The number of anilines is 2. The van der Waals surface area contributed by atoms with Gasteiger partial charge in [0.25, 0.3) is 0 Å². The first-order chi connectivity index (χ1) is 8.11. The monoisotopic (exact) mass is 238 g/mol. The third-order valence-electron chi connectivity index (χ3n) is 2.79. The van der Waals surface area contributed by atoms with E-state index in [1.54, 1.807) is 20.1 Å². The predicted octanol–water partition coefficient (Wildman–Crippen LogP) is 1.54. The number of carbonyl (C=O) groups excluding carboxylic acids is 1. The highest BCUT2D eigenvalue weighted by molar-refractivity contribution is 6.01. The molecular formula is C12H15FN2O2. The van der Waals surface area contributed by atoms with Gasteiger partial charge in [0.2, 0.25) is 5.91 Å². The fraction of sp³-hybridized carbons (Fsp3) is 0.417. The van der Waals surface area contributed by atoms with Crippen molar-refractivity contribution >= 4 is 17.3 Å². The van der Waals surface area contributed by atoms with E-state index in [9.17, 15) is 9.18 Å². The molecule has 2 rings (SSSR count). The first-order valence-corrected chi connectivity index (χ1v) is 5.45. The Morgan fingerprint density at radius 2 is 2.29 bits per heavy atom. The van der Waals surface area contributed by atoms with E-state index in [0.29, 0.717) is 24.4 Å². The van der Waals surface area contributed by atoms with E-state index in [1.807, 2.05) is 4.90 Å². The van der Waals surface area contributed by atoms with Gasteiger partial charge in [0.05, 0.1) is 24.5 Å². The molecule has 0 fully saturated rings. The average molecular weight is 238 g/mol. The van der Waals surface area contributed by atoms with E-state index >= 15 is 0 Å². The Kier molecular flexibility index (Phi) is 3.28. The molecule has 1 aromatic carbocycles. The number of rotatable bonds is 3. The van der Waals surface area contributed by atoms with Crippen LogP contribution in [0.2, 0.25) is 0 Å². The van der Waals surface area contributed by atoms with Crippen LogP contribution in [-0.4, -0.2) is 32.7 Å². The summed E-state index contributed by atoms with van der Waals surface area (Å²) in [6, 6.07) is 3.11. The lowest BCUT2D eigenvalue weighted by molar-refractivity contribution is -0.115. The minimum absolute atomic E-state index is 0.128. The van der Waals surface area contributed by atoms with Crippen molar-refractivity contribution in [2.75, 3.05) is 37.0 Å². The summed E-state index contributed by atoms with van der Waals surface area (Å²) in [5.74, 6) is -0.436. The normalized spacial score (nSPS) is 14.5. The molecule has 1 N–H and O–H groups in total. The number of benzene rings is 1. The molecule has 0 radical (unpaired) electrons. The molecular weight excluding hydrogens is 223 g/mol. The number of hydrogen-bond donors (Lipinski definition) is 1. The van der Waals surface area contributed by atoms with Gasteiger partial charge in [-0.05, 0) is 24.6 Å². The maximum Gasteiger partial charge on any atom is 0.243 e. The molecule has 1 aliphatic heterocycles. The zero-order valence-electron chi connectivity index (χ0n) is 9.92. The standard InChI is InChI=1S/C12H15FN2O2/c1-8-5-11-10(6-9(8)13)14-12(16)7-15(11)3-4-17-2/h5-6H,3-4,7H2,1-2H3,(H,14,16). The van der Waals surface area contributed by atoms with Crippen LogP contribution in [0.3, 0.4) is 0 Å². The summed E-state index contributed by atoms with van der Waals surface area (Å²) < 4.78 is 18.4. The van der Waals surface area contributed by atoms with E-state index in [0.717, 1.165) is 5.69 Å². The number of nitrogens with zero attached hydrogens (tertiary/aromatic N) is 1. The van der Waals surface area contributed by atoms with Crippen LogP contribution in [0.4, 0.5) is 15.8 Å². The van der Waals surface area contributed by atoms with Gasteiger partial charge >= 0.3 is 0 Å². The Bertz CT molecular complexity index is 448. The summed E-state index contributed by atoms with van der Waals surface area (Å²) in [5, 5.41) is 2.67. The summed E-state index contributed by atoms with van der Waals surface area (Å²) in [6.07, 6.45) is 0. The molecule has 4 nitrogen and oxygen atoms in total. The maximum absolute atomic E-state index is 13.4. The van der Waals surface area contributed by atoms with Crippen molar-refractivity contribution in [1.29, 1.82) is 0 Å². The Labute approximate surface area is 99.4 Å². The van der Waals surface area contributed by atoms with Crippen LogP contribution in [0.25, 0.3) is 0 Å². The zero-order valence-corrected chi connectivity index (χ0v) is 9.92. The minimum Gasteiger partial charge on any atom is -0.383 e. The molecule has 0 saturated heterocycles. The van der Waals surface area contributed by atoms with Gasteiger partial charge < -0.3 is 15.0 Å². The molecule has 0 bridgehead atoms. The van der Waals surface area contributed by atoms with Crippen LogP contribution in [0.1, 0.15) is 5.56 Å². The van der Waals surface area contributed by atoms with Gasteiger partial charge in [-0.15, -0.1) is 0 Å². The fourth-order valence-electron chi connectivity index (χ4n) is 1.88. The Morgan fingerprint density at radius 1 is 1.53 bits per heavy atom. The van der Waals surface area contributed by atoms with Crippen molar-refractivity contribution in [2.45, 2.75) is 6.92 Å². The van der Waals surface area contributed by atoms with E-state index in [2.05, 4.69) is 5.32 Å². The SMILES string of the molecule is COCCN1CC(=O)Nc2cc(F)c(C)cc21. The smallest absolute Gasteiger partial charge is 0.243 e. The quantitative estimate of drug-likeness (QED) is 0.868. The number of aryl methyl sites for hydroxylation is 1. The highest BCUT2D eigenvalue weighted by Crippen LogP contribution is 2.31. The van der Waals surface area contributed by atoms with Crippen LogP contribution in [0, 0.1) is 12.7 Å². The van der Waals surface area contributed by atoms with Gasteiger partial charge in [-0.25, -0.2) is 4.39 Å². The number of halogens is 1. The number of carbonyl (C=O) groups is 1. The van der Waals surface area contributed by atoms with Crippen molar-refractivity contribution in [3.05, 3.63) is 23.5 Å². The van der Waals surface area contributed by atoms with Crippen LogP contribution < -0.4 is 10.2 Å². The molecule has 0 aromatic heterocycles. The Morgan fingerprint density at radius 3 is 3.00 bits per heavy atom. The van der Waals surface area contributed by atoms with Gasteiger partial charge in [0, 0.05) is 13.7 Å². The number of ether oxygens (including phenoxy) is 1. The van der Waals surface area contributed by atoms with E-state index < -0.39 is 0 Å². The first kappa shape index (κ1) is 11.9. The first-order valence-electron chi connectivity index (χ1n) is 5.45. The third-order valence-corrected chi connectivity index (χ3v) is 2.79. The molecule has 0 atom stereocenters. The second-order valence-electron chi connectivity index (χ2n) is 4.08. The second-order valence-corrected chi connectivity index (χ2v) is 4.08. The number of methoxy groups -OCH3 is 1. The molecule has 92 valence electrons. The second kappa shape index (κ2) is 4.71. The molecule has 5 heteroatoms. The lowest BCUT2D eigenvalue weighted by Gasteiger charge is -2.31. The highest BCUT2D eigenvalue weighted by Gasteiger charge is 2.22. The van der Waals surface area contributed by atoms with Gasteiger partial charge in [-0.2, -0.15) is 0 Å². The van der Waals surface area contributed by atoms with Gasteiger partial charge in [0.1, 0.15) is 5.82 Å². The van der Waals surface area contributed by atoms with Crippen molar-refractivity contribution in [3.8, 4) is 0 Å². The predicted molar refractivity (Wildman–Crippen MR) is 63.9 cm³/mol. The molecule has 1 aliphatic rings. The van der Waals surface area contributed by atoms with Crippen LogP contribution in [-0.2, 0) is 9.53 Å². The van der Waals surface area contributed by atoms with Crippen molar-refractivity contribution in [2.24, 2.45) is 0 Å². The van der Waals surface area contributed by atoms with Gasteiger partial charge in [-0.3, -0.25) is 4.79 Å². The molecule has 0 aliphatic carbocycles. The van der Waals surface area contributed by atoms with Gasteiger partial charge in [-0.1, -0.05) is 0 Å². The molecule has 0 saturated carbocycles. The van der Waals surface area contributed by atoms with Crippen LogP contribution in [0.15, 0.2) is 12.1 Å². The fourth-order valence-corrected chi connectivity index (χ4v) is 1.88. The topological polar surface area (TPSA) is 41.6 Å². The summed E-state index contributed by atoms with van der Waals surface area (Å²) in [4.78, 5) is 13.4. The van der Waals surface area contributed by atoms with Crippen LogP contribution >= 0.6 is 0 Å². The summed E-state index contributed by atoms with van der Waals surface area (Å²) >= 11 is 0. The lowest BCUT2D eigenvalue weighted by Crippen LogP contribution is -2.40. The Balaban J connectivity index is 2.34. The van der Waals surface area contributed by atoms with Crippen molar-refractivity contribution in [1.82, 2.24) is 0 Å². The van der Waals surface area contributed by atoms with E-state index in [4.69, 9.17) is 4.74 Å². The van der Waals surface area contributed by atoms with Crippen LogP contribution in [0.5, 0.6) is 0 Å². The number of nitrogens with one attached hydrogen (secondary N) is 1. The molecule has 1 aromatic rings. The molecule has 0 spiro atoms. The molecule has 17 heavy (non-hydrogen) atoms. The van der Waals surface area contributed by atoms with Crippen molar-refractivity contribution in [3.63, 3.8) is 0 Å². The summed E-state index contributed by atoms with van der Waals surface area (Å²) in [7, 11) is 1.61. The summed E-state index contributed by atoms with van der Waals surface area (Å²) in [6.45, 7) is 3.13. The van der Waals surface area contributed by atoms with Gasteiger partial charge in [0.15, 0.2) is 0 Å². The average Bonchev–Trinajstić information content (AvgIpc) is 2.28. The maximum atomic E-state index is 13.4. The zero-order chi connectivity index (χ0) is 12.4. The molecule has 0 unspecified atom stereocenters. The number of hydrogen-bond acceptors (Lipinski definition) is 3.